The topological polar surface area (TPSA) is 49.6 Å². The van der Waals surface area contributed by atoms with Crippen molar-refractivity contribution in [3.63, 3.8) is 0 Å². The summed E-state index contributed by atoms with van der Waals surface area (Å²) in [6, 6.07) is 8.86. The standard InChI is InChI=1S/C18H17F4N3O2/c19-15-3-1-2-13(10-15)12-23-6-8-24(9-7-23)16-5-4-14(18(20,21)22)11-17(16)25(26)27/h1-5,10-11H,6-9,12H2. The van der Waals surface area contributed by atoms with Gasteiger partial charge in [-0.25, -0.2) is 4.39 Å². The highest BCUT2D eigenvalue weighted by Crippen LogP contribution is 2.36. The molecule has 0 N–H and O–H groups in total. The largest absolute Gasteiger partial charge is 0.416 e. The summed E-state index contributed by atoms with van der Waals surface area (Å²) in [6.45, 7) is 2.53. The van der Waals surface area contributed by atoms with Gasteiger partial charge in [0.25, 0.3) is 5.69 Å². The maximum atomic E-state index is 13.3. The smallest absolute Gasteiger partial charge is 0.363 e. The van der Waals surface area contributed by atoms with Gasteiger partial charge in [0.05, 0.1) is 10.5 Å². The third-order valence-electron chi connectivity index (χ3n) is 4.51. The van der Waals surface area contributed by atoms with Crippen LogP contribution in [0.3, 0.4) is 0 Å². The highest BCUT2D eigenvalue weighted by molar-refractivity contribution is 5.65. The average Bonchev–Trinajstić information content (AvgIpc) is 2.61. The van der Waals surface area contributed by atoms with E-state index in [0.29, 0.717) is 38.8 Å². The Morgan fingerprint density at radius 3 is 2.33 bits per heavy atom. The molecule has 0 unspecified atom stereocenters. The van der Waals surface area contributed by atoms with Crippen LogP contribution in [0.15, 0.2) is 42.5 Å². The summed E-state index contributed by atoms with van der Waals surface area (Å²) in [5.74, 6) is -0.313. The van der Waals surface area contributed by atoms with Gasteiger partial charge in [0.2, 0.25) is 0 Å². The van der Waals surface area contributed by atoms with E-state index in [4.69, 9.17) is 0 Å². The van der Waals surface area contributed by atoms with Crippen molar-refractivity contribution in [3.05, 3.63) is 69.5 Å². The fraction of sp³-hybridized carbons (Fsp3) is 0.333. The fourth-order valence-electron chi connectivity index (χ4n) is 3.15. The van der Waals surface area contributed by atoms with E-state index >= 15 is 0 Å². The summed E-state index contributed by atoms with van der Waals surface area (Å²) < 4.78 is 51.7. The quantitative estimate of drug-likeness (QED) is 0.454. The molecule has 1 aliphatic heterocycles. The highest BCUT2D eigenvalue weighted by Gasteiger charge is 2.34. The molecule has 0 spiro atoms. The van der Waals surface area contributed by atoms with Crippen LogP contribution in [0.25, 0.3) is 0 Å². The molecule has 0 saturated carbocycles. The van der Waals surface area contributed by atoms with Gasteiger partial charge in [0.1, 0.15) is 11.5 Å². The third-order valence-corrected chi connectivity index (χ3v) is 4.51. The number of alkyl halides is 3. The SMILES string of the molecule is O=[N+]([O-])c1cc(C(F)(F)F)ccc1N1CCN(Cc2cccc(F)c2)CC1. The summed E-state index contributed by atoms with van der Waals surface area (Å²) in [5.41, 5.74) is -0.589. The molecule has 0 bridgehead atoms. The van der Waals surface area contributed by atoms with E-state index in [2.05, 4.69) is 4.90 Å². The van der Waals surface area contributed by atoms with Crippen LogP contribution in [0.2, 0.25) is 0 Å². The van der Waals surface area contributed by atoms with Gasteiger partial charge >= 0.3 is 6.18 Å². The van der Waals surface area contributed by atoms with E-state index in [0.717, 1.165) is 17.7 Å². The number of benzene rings is 2. The second-order valence-electron chi connectivity index (χ2n) is 6.35. The first-order valence-corrected chi connectivity index (χ1v) is 8.31. The van der Waals surface area contributed by atoms with E-state index in [1.165, 1.54) is 12.1 Å². The van der Waals surface area contributed by atoms with Crippen LogP contribution >= 0.6 is 0 Å². The Morgan fingerprint density at radius 2 is 1.74 bits per heavy atom. The summed E-state index contributed by atoms with van der Waals surface area (Å²) in [7, 11) is 0. The molecule has 9 heteroatoms. The summed E-state index contributed by atoms with van der Waals surface area (Å²) >= 11 is 0. The first-order valence-electron chi connectivity index (χ1n) is 8.31. The lowest BCUT2D eigenvalue weighted by Crippen LogP contribution is -2.46. The first kappa shape index (κ1) is 19.1. The Hall–Kier alpha value is -2.68. The highest BCUT2D eigenvalue weighted by atomic mass is 19.4. The van der Waals surface area contributed by atoms with Crippen molar-refractivity contribution in [2.24, 2.45) is 0 Å². The lowest BCUT2D eigenvalue weighted by atomic mass is 10.1. The van der Waals surface area contributed by atoms with Crippen molar-refractivity contribution in [1.29, 1.82) is 0 Å². The van der Waals surface area contributed by atoms with Gasteiger partial charge in [-0.1, -0.05) is 12.1 Å². The zero-order chi connectivity index (χ0) is 19.6. The molecule has 2 aromatic carbocycles. The molecule has 5 nitrogen and oxygen atoms in total. The summed E-state index contributed by atoms with van der Waals surface area (Å²) in [4.78, 5) is 14.2. The molecular weight excluding hydrogens is 366 g/mol. The molecule has 1 aliphatic rings. The molecular formula is C18H17F4N3O2. The van der Waals surface area contributed by atoms with E-state index in [-0.39, 0.29) is 11.5 Å². The Morgan fingerprint density at radius 1 is 1.04 bits per heavy atom. The maximum Gasteiger partial charge on any atom is 0.416 e. The van der Waals surface area contributed by atoms with Crippen molar-refractivity contribution in [2.45, 2.75) is 12.7 Å². The van der Waals surface area contributed by atoms with E-state index in [1.54, 1.807) is 11.0 Å². The third kappa shape index (κ3) is 4.54. The minimum absolute atomic E-state index is 0.179. The molecule has 3 rings (SSSR count). The Labute approximate surface area is 153 Å². The fourth-order valence-corrected chi connectivity index (χ4v) is 3.15. The van der Waals surface area contributed by atoms with Crippen molar-refractivity contribution in [2.75, 3.05) is 31.1 Å². The van der Waals surface area contributed by atoms with Gasteiger partial charge in [-0.3, -0.25) is 15.0 Å². The molecule has 0 amide bonds. The number of piperazine rings is 1. The minimum atomic E-state index is -4.63. The molecule has 0 radical (unpaired) electrons. The zero-order valence-corrected chi connectivity index (χ0v) is 14.2. The predicted octanol–water partition coefficient (Wildman–Crippen LogP) is 4.07. The molecule has 0 aliphatic carbocycles. The number of nitro groups is 1. The maximum absolute atomic E-state index is 13.3. The number of halogens is 4. The number of rotatable bonds is 4. The first-order chi connectivity index (χ1) is 12.7. The molecule has 1 heterocycles. The molecule has 27 heavy (non-hydrogen) atoms. The van der Waals surface area contributed by atoms with Crippen LogP contribution in [0.4, 0.5) is 28.9 Å². The van der Waals surface area contributed by atoms with Crippen molar-refractivity contribution in [3.8, 4) is 0 Å². The van der Waals surface area contributed by atoms with E-state index in [9.17, 15) is 27.7 Å². The normalized spacial score (nSPS) is 15.8. The van der Waals surface area contributed by atoms with Crippen molar-refractivity contribution >= 4 is 11.4 Å². The van der Waals surface area contributed by atoms with Gasteiger partial charge in [-0.05, 0) is 29.8 Å². The van der Waals surface area contributed by atoms with Crippen LogP contribution in [0, 0.1) is 15.9 Å². The molecule has 1 fully saturated rings. The predicted molar refractivity (Wildman–Crippen MR) is 92.0 cm³/mol. The molecule has 0 atom stereocenters. The second kappa shape index (κ2) is 7.51. The van der Waals surface area contributed by atoms with Crippen LogP contribution < -0.4 is 4.90 Å². The van der Waals surface area contributed by atoms with Crippen LogP contribution in [-0.4, -0.2) is 36.0 Å². The Bertz CT molecular complexity index is 834. The Balaban J connectivity index is 1.71. The summed E-state index contributed by atoms with van der Waals surface area (Å²) in [5, 5.41) is 11.2. The lowest BCUT2D eigenvalue weighted by molar-refractivity contribution is -0.384. The van der Waals surface area contributed by atoms with Crippen LogP contribution in [0.5, 0.6) is 0 Å². The molecule has 144 valence electrons. The number of hydrogen-bond donors (Lipinski definition) is 0. The van der Waals surface area contributed by atoms with Crippen LogP contribution in [-0.2, 0) is 12.7 Å². The summed E-state index contributed by atoms with van der Waals surface area (Å²) in [6.07, 6.45) is -4.63. The average molecular weight is 383 g/mol. The van der Waals surface area contributed by atoms with Gasteiger partial charge in [0, 0.05) is 38.8 Å². The number of hydrogen-bond acceptors (Lipinski definition) is 4. The van der Waals surface area contributed by atoms with Gasteiger partial charge in [-0.15, -0.1) is 0 Å². The molecule has 1 saturated heterocycles. The molecule has 0 aromatic heterocycles. The lowest BCUT2D eigenvalue weighted by Gasteiger charge is -2.35. The minimum Gasteiger partial charge on any atom is -0.363 e. The van der Waals surface area contributed by atoms with Gasteiger partial charge in [0.15, 0.2) is 0 Å². The van der Waals surface area contributed by atoms with Gasteiger partial charge < -0.3 is 4.90 Å². The van der Waals surface area contributed by atoms with E-state index < -0.39 is 22.4 Å². The molecule has 2 aromatic rings. The van der Waals surface area contributed by atoms with Gasteiger partial charge in [-0.2, -0.15) is 13.2 Å². The number of nitro benzene ring substituents is 1. The second-order valence-corrected chi connectivity index (χ2v) is 6.35. The monoisotopic (exact) mass is 383 g/mol. The van der Waals surface area contributed by atoms with Crippen molar-refractivity contribution in [1.82, 2.24) is 4.90 Å². The number of anilines is 1. The van der Waals surface area contributed by atoms with E-state index in [1.807, 2.05) is 6.07 Å². The van der Waals surface area contributed by atoms with Crippen LogP contribution in [0.1, 0.15) is 11.1 Å². The number of nitrogens with zero attached hydrogens (tertiary/aromatic N) is 3. The van der Waals surface area contributed by atoms with Crippen molar-refractivity contribution < 1.29 is 22.5 Å². The Kier molecular flexibility index (Phi) is 5.31. The zero-order valence-electron chi connectivity index (χ0n) is 14.2.